The van der Waals surface area contributed by atoms with E-state index in [1.54, 1.807) is 12.1 Å². The van der Waals surface area contributed by atoms with Crippen LogP contribution in [0.15, 0.2) is 36.9 Å². The average molecular weight is 208 g/mol. The van der Waals surface area contributed by atoms with Crippen molar-refractivity contribution < 1.29 is 9.53 Å². The summed E-state index contributed by atoms with van der Waals surface area (Å²) in [5.74, 6) is 0.210. The first-order chi connectivity index (χ1) is 6.65. The Kier molecular flexibility index (Phi) is 3.77. The first-order valence-corrected chi connectivity index (χ1v) is 4.74. The van der Waals surface area contributed by atoms with Gasteiger partial charge in [0.1, 0.15) is 5.75 Å². The minimum atomic E-state index is -0.331. The van der Waals surface area contributed by atoms with Crippen molar-refractivity contribution in [2.45, 2.75) is 12.2 Å². The number of rotatable bonds is 3. The lowest BCUT2D eigenvalue weighted by Gasteiger charge is -2.11. The third-order valence-corrected chi connectivity index (χ3v) is 2.20. The van der Waals surface area contributed by atoms with E-state index in [4.69, 9.17) is 4.74 Å². The van der Waals surface area contributed by atoms with E-state index in [0.717, 1.165) is 5.56 Å². The number of benzene rings is 1. The van der Waals surface area contributed by atoms with Crippen LogP contribution in [0.4, 0.5) is 0 Å². The van der Waals surface area contributed by atoms with Crippen LogP contribution in [0.2, 0.25) is 0 Å². The monoisotopic (exact) mass is 208 g/mol. The molecule has 1 aromatic carbocycles. The zero-order valence-corrected chi connectivity index (χ0v) is 8.83. The molecule has 0 aromatic heterocycles. The first kappa shape index (κ1) is 10.9. The molecule has 0 bridgehead atoms. The van der Waals surface area contributed by atoms with Gasteiger partial charge in [-0.25, -0.2) is 0 Å². The molecular formula is C11H12O2S. The smallest absolute Gasteiger partial charge is 0.308 e. The summed E-state index contributed by atoms with van der Waals surface area (Å²) in [7, 11) is 0. The maximum absolute atomic E-state index is 10.8. The maximum atomic E-state index is 10.8. The molecule has 74 valence electrons. The van der Waals surface area contributed by atoms with E-state index in [9.17, 15) is 4.79 Å². The van der Waals surface area contributed by atoms with Crippen LogP contribution >= 0.6 is 12.6 Å². The molecule has 0 fully saturated rings. The Hall–Kier alpha value is -1.22. The van der Waals surface area contributed by atoms with Crippen LogP contribution in [0.5, 0.6) is 5.75 Å². The van der Waals surface area contributed by atoms with Gasteiger partial charge in [-0.15, -0.1) is 6.58 Å². The van der Waals surface area contributed by atoms with Gasteiger partial charge in [0.2, 0.25) is 0 Å². The maximum Gasteiger partial charge on any atom is 0.308 e. The molecule has 1 aromatic rings. The third-order valence-electron chi connectivity index (χ3n) is 1.71. The molecule has 3 heteroatoms. The van der Waals surface area contributed by atoms with Crippen LogP contribution in [0.25, 0.3) is 0 Å². The Morgan fingerprint density at radius 1 is 1.57 bits per heavy atom. The van der Waals surface area contributed by atoms with Crippen LogP contribution in [0, 0.1) is 0 Å². The zero-order valence-electron chi connectivity index (χ0n) is 7.93. The van der Waals surface area contributed by atoms with Crippen molar-refractivity contribution in [2.75, 3.05) is 0 Å². The summed E-state index contributed by atoms with van der Waals surface area (Å²) >= 11 is 4.30. The molecular weight excluding hydrogens is 196 g/mol. The topological polar surface area (TPSA) is 26.3 Å². The highest BCUT2D eigenvalue weighted by molar-refractivity contribution is 7.80. The number of esters is 1. The number of thiol groups is 1. The molecule has 0 N–H and O–H groups in total. The number of para-hydroxylation sites is 1. The van der Waals surface area contributed by atoms with Gasteiger partial charge in [-0.1, -0.05) is 24.3 Å². The molecule has 14 heavy (non-hydrogen) atoms. The molecule has 0 saturated carbocycles. The summed E-state index contributed by atoms with van der Waals surface area (Å²) in [4.78, 5) is 10.8. The average Bonchev–Trinajstić information content (AvgIpc) is 2.16. The number of hydrogen-bond acceptors (Lipinski definition) is 3. The number of hydrogen-bond donors (Lipinski definition) is 1. The molecule has 0 amide bonds. The lowest BCUT2D eigenvalue weighted by molar-refractivity contribution is -0.131. The summed E-state index contributed by atoms with van der Waals surface area (Å²) in [5.41, 5.74) is 0.848. The van der Waals surface area contributed by atoms with Crippen LogP contribution < -0.4 is 4.74 Å². The zero-order chi connectivity index (χ0) is 10.6. The molecule has 1 unspecified atom stereocenters. The highest BCUT2D eigenvalue weighted by Crippen LogP contribution is 2.29. The summed E-state index contributed by atoms with van der Waals surface area (Å²) in [6.07, 6.45) is 1.69. The molecule has 0 radical (unpaired) electrons. The van der Waals surface area contributed by atoms with Crippen molar-refractivity contribution in [2.24, 2.45) is 0 Å². The van der Waals surface area contributed by atoms with E-state index >= 15 is 0 Å². The second kappa shape index (κ2) is 4.86. The van der Waals surface area contributed by atoms with Gasteiger partial charge in [0.05, 0.1) is 0 Å². The Balaban J connectivity index is 3.02. The molecule has 0 heterocycles. The van der Waals surface area contributed by atoms with E-state index in [-0.39, 0.29) is 11.2 Å². The molecule has 1 rings (SSSR count). The SMILES string of the molecule is C=CC(S)c1ccccc1OC(C)=O. The minimum absolute atomic E-state index is 0.120. The van der Waals surface area contributed by atoms with Crippen molar-refractivity contribution in [3.63, 3.8) is 0 Å². The van der Waals surface area contributed by atoms with E-state index < -0.39 is 0 Å². The van der Waals surface area contributed by atoms with Crippen molar-refractivity contribution in [3.05, 3.63) is 42.5 Å². The van der Waals surface area contributed by atoms with Crippen molar-refractivity contribution in [1.82, 2.24) is 0 Å². The molecule has 0 aliphatic heterocycles. The molecule has 0 aliphatic carbocycles. The largest absolute Gasteiger partial charge is 0.426 e. The van der Waals surface area contributed by atoms with Gasteiger partial charge >= 0.3 is 5.97 Å². The Morgan fingerprint density at radius 3 is 2.79 bits per heavy atom. The Labute approximate surface area is 89.0 Å². The van der Waals surface area contributed by atoms with Gasteiger partial charge in [-0.3, -0.25) is 4.79 Å². The number of ether oxygens (including phenoxy) is 1. The second-order valence-corrected chi connectivity index (χ2v) is 3.37. The van der Waals surface area contributed by atoms with Crippen LogP contribution in [-0.4, -0.2) is 5.97 Å². The van der Waals surface area contributed by atoms with Crippen LogP contribution in [0.1, 0.15) is 17.7 Å². The van der Waals surface area contributed by atoms with Crippen molar-refractivity contribution in [1.29, 1.82) is 0 Å². The lowest BCUT2D eigenvalue weighted by Crippen LogP contribution is -2.04. The van der Waals surface area contributed by atoms with E-state index in [1.165, 1.54) is 6.92 Å². The van der Waals surface area contributed by atoms with E-state index in [0.29, 0.717) is 5.75 Å². The first-order valence-electron chi connectivity index (χ1n) is 4.23. The van der Waals surface area contributed by atoms with Crippen molar-refractivity contribution in [3.8, 4) is 5.75 Å². The number of carbonyl (C=O) groups excluding carboxylic acids is 1. The molecule has 2 nitrogen and oxygen atoms in total. The lowest BCUT2D eigenvalue weighted by atomic mass is 10.1. The Morgan fingerprint density at radius 2 is 2.21 bits per heavy atom. The highest BCUT2D eigenvalue weighted by atomic mass is 32.1. The quantitative estimate of drug-likeness (QED) is 0.358. The fourth-order valence-corrected chi connectivity index (χ4v) is 1.31. The molecule has 0 saturated heterocycles. The highest BCUT2D eigenvalue weighted by Gasteiger charge is 2.09. The fraction of sp³-hybridized carbons (Fsp3) is 0.182. The Bertz CT molecular complexity index is 347. The summed E-state index contributed by atoms with van der Waals surface area (Å²) in [6, 6.07) is 7.28. The molecule has 0 aliphatic rings. The third kappa shape index (κ3) is 2.64. The van der Waals surface area contributed by atoms with Gasteiger partial charge in [-0.2, -0.15) is 12.6 Å². The second-order valence-electron chi connectivity index (χ2n) is 2.81. The summed E-state index contributed by atoms with van der Waals surface area (Å²) in [5, 5.41) is -0.120. The van der Waals surface area contributed by atoms with Gasteiger partial charge in [0.15, 0.2) is 0 Å². The summed E-state index contributed by atoms with van der Waals surface area (Å²) in [6.45, 7) is 5.01. The van der Waals surface area contributed by atoms with Gasteiger partial charge < -0.3 is 4.74 Å². The van der Waals surface area contributed by atoms with Crippen LogP contribution in [-0.2, 0) is 4.79 Å². The predicted molar refractivity (Wildman–Crippen MR) is 59.7 cm³/mol. The van der Waals surface area contributed by atoms with Gasteiger partial charge in [-0.05, 0) is 6.07 Å². The normalized spacial score (nSPS) is 11.9. The molecule has 1 atom stereocenters. The predicted octanol–water partition coefficient (Wildman–Crippen LogP) is 2.77. The van der Waals surface area contributed by atoms with Gasteiger partial charge in [0, 0.05) is 17.7 Å². The summed E-state index contributed by atoms with van der Waals surface area (Å²) < 4.78 is 5.03. The fourth-order valence-electron chi connectivity index (χ4n) is 1.10. The standard InChI is InChI=1S/C11H12O2S/c1-3-11(14)9-6-4-5-7-10(9)13-8(2)12/h3-7,11,14H,1H2,2H3. The van der Waals surface area contributed by atoms with E-state index in [1.807, 2.05) is 18.2 Å². The number of carbonyl (C=O) groups is 1. The molecule has 0 spiro atoms. The van der Waals surface area contributed by atoms with E-state index in [2.05, 4.69) is 19.2 Å². The minimum Gasteiger partial charge on any atom is -0.426 e. The van der Waals surface area contributed by atoms with Crippen LogP contribution in [0.3, 0.4) is 0 Å². The van der Waals surface area contributed by atoms with Crippen molar-refractivity contribution >= 4 is 18.6 Å². The van der Waals surface area contributed by atoms with Gasteiger partial charge in [0.25, 0.3) is 0 Å².